The molecule has 2 N–H and O–H groups in total. The Hall–Kier alpha value is -1.43. The van der Waals surface area contributed by atoms with Gasteiger partial charge < -0.3 is 10.6 Å². The van der Waals surface area contributed by atoms with E-state index in [0.29, 0.717) is 30.1 Å². The van der Waals surface area contributed by atoms with Crippen LogP contribution in [-0.4, -0.2) is 38.7 Å². The van der Waals surface area contributed by atoms with Gasteiger partial charge in [-0.15, -0.1) is 0 Å². The SMILES string of the molecule is CCN(CCC(N)=S)C(=O)c1c(C)nn(C)c1C. The molecule has 0 saturated heterocycles. The number of carbonyl (C=O) groups is 1. The molecule has 0 aromatic carbocycles. The zero-order chi connectivity index (χ0) is 13.9. The first-order chi connectivity index (χ1) is 8.38. The van der Waals surface area contributed by atoms with Crippen LogP contribution >= 0.6 is 12.2 Å². The Labute approximate surface area is 113 Å². The van der Waals surface area contributed by atoms with Crippen LogP contribution in [0.1, 0.15) is 35.1 Å². The molecule has 0 fully saturated rings. The average Bonchev–Trinajstić information content (AvgIpc) is 2.53. The Balaban J connectivity index is 2.93. The third-order valence-electron chi connectivity index (χ3n) is 3.02. The van der Waals surface area contributed by atoms with E-state index in [9.17, 15) is 4.79 Å². The van der Waals surface area contributed by atoms with E-state index in [0.717, 1.165) is 11.4 Å². The van der Waals surface area contributed by atoms with Crippen LogP contribution < -0.4 is 5.73 Å². The highest BCUT2D eigenvalue weighted by Gasteiger charge is 2.21. The zero-order valence-corrected chi connectivity index (χ0v) is 12.2. The van der Waals surface area contributed by atoms with Gasteiger partial charge in [0.05, 0.1) is 16.2 Å². The smallest absolute Gasteiger partial charge is 0.257 e. The Morgan fingerprint density at radius 2 is 2.11 bits per heavy atom. The molecule has 0 aliphatic heterocycles. The van der Waals surface area contributed by atoms with Crippen LogP contribution in [0.25, 0.3) is 0 Å². The van der Waals surface area contributed by atoms with E-state index in [1.54, 1.807) is 9.58 Å². The highest BCUT2D eigenvalue weighted by Crippen LogP contribution is 2.15. The van der Waals surface area contributed by atoms with Crippen LogP contribution in [0.15, 0.2) is 0 Å². The van der Waals surface area contributed by atoms with Crippen molar-refractivity contribution in [1.82, 2.24) is 14.7 Å². The summed E-state index contributed by atoms with van der Waals surface area (Å²) in [6.07, 6.45) is 0.549. The molecule has 0 unspecified atom stereocenters. The molecule has 1 aromatic heterocycles. The van der Waals surface area contributed by atoms with Crippen molar-refractivity contribution in [3.05, 3.63) is 17.0 Å². The van der Waals surface area contributed by atoms with Crippen molar-refractivity contribution in [2.45, 2.75) is 27.2 Å². The van der Waals surface area contributed by atoms with E-state index in [-0.39, 0.29) is 5.91 Å². The Morgan fingerprint density at radius 1 is 1.50 bits per heavy atom. The van der Waals surface area contributed by atoms with E-state index in [2.05, 4.69) is 5.10 Å². The van der Waals surface area contributed by atoms with Crippen molar-refractivity contribution in [2.24, 2.45) is 12.8 Å². The van der Waals surface area contributed by atoms with Crippen LogP contribution in [0.5, 0.6) is 0 Å². The van der Waals surface area contributed by atoms with E-state index in [1.807, 2.05) is 27.8 Å². The number of hydrogen-bond acceptors (Lipinski definition) is 3. The summed E-state index contributed by atoms with van der Waals surface area (Å²) in [5.41, 5.74) is 7.80. The molecule has 5 nitrogen and oxygen atoms in total. The van der Waals surface area contributed by atoms with Gasteiger partial charge in [0.15, 0.2) is 0 Å². The molecule has 0 spiro atoms. The minimum atomic E-state index is -0.00292. The molecule has 0 saturated carbocycles. The van der Waals surface area contributed by atoms with Crippen molar-refractivity contribution < 1.29 is 4.79 Å². The number of nitrogens with zero attached hydrogens (tertiary/aromatic N) is 3. The first-order valence-electron chi connectivity index (χ1n) is 5.96. The Morgan fingerprint density at radius 3 is 2.50 bits per heavy atom. The third-order valence-corrected chi connectivity index (χ3v) is 3.22. The quantitative estimate of drug-likeness (QED) is 0.814. The Kier molecular flexibility index (Phi) is 4.84. The Bertz CT molecular complexity index is 467. The fourth-order valence-electron chi connectivity index (χ4n) is 1.89. The second kappa shape index (κ2) is 5.95. The minimum Gasteiger partial charge on any atom is -0.393 e. The first-order valence-corrected chi connectivity index (χ1v) is 6.37. The van der Waals surface area contributed by atoms with Gasteiger partial charge in [-0.2, -0.15) is 5.10 Å². The van der Waals surface area contributed by atoms with E-state index >= 15 is 0 Å². The summed E-state index contributed by atoms with van der Waals surface area (Å²) in [6, 6.07) is 0. The average molecular weight is 268 g/mol. The third kappa shape index (κ3) is 3.07. The molecule has 0 atom stereocenters. The molecule has 18 heavy (non-hydrogen) atoms. The molecule has 6 heteroatoms. The van der Waals surface area contributed by atoms with Gasteiger partial charge in [0.25, 0.3) is 5.91 Å². The molecule has 1 rings (SSSR count). The maximum atomic E-state index is 12.4. The number of thiocarbonyl (C=S) groups is 1. The lowest BCUT2D eigenvalue weighted by molar-refractivity contribution is 0.0767. The number of rotatable bonds is 5. The van der Waals surface area contributed by atoms with Gasteiger partial charge in [0.2, 0.25) is 0 Å². The number of aromatic nitrogens is 2. The number of amides is 1. The predicted octanol–water partition coefficient (Wildman–Crippen LogP) is 1.18. The molecule has 0 aliphatic carbocycles. The summed E-state index contributed by atoms with van der Waals surface area (Å²) in [4.78, 5) is 14.6. The summed E-state index contributed by atoms with van der Waals surface area (Å²) >= 11 is 4.84. The number of aryl methyl sites for hydroxylation is 2. The molecule has 0 aliphatic rings. The monoisotopic (exact) mass is 268 g/mol. The largest absolute Gasteiger partial charge is 0.393 e. The maximum absolute atomic E-state index is 12.4. The molecule has 1 amide bonds. The summed E-state index contributed by atoms with van der Waals surface area (Å²) in [7, 11) is 1.84. The minimum absolute atomic E-state index is 0.00292. The van der Waals surface area contributed by atoms with Crippen molar-refractivity contribution in [1.29, 1.82) is 0 Å². The molecule has 100 valence electrons. The summed E-state index contributed by atoms with van der Waals surface area (Å²) in [5, 5.41) is 4.26. The van der Waals surface area contributed by atoms with Gasteiger partial charge >= 0.3 is 0 Å². The van der Waals surface area contributed by atoms with Gasteiger partial charge in [-0.25, -0.2) is 0 Å². The zero-order valence-electron chi connectivity index (χ0n) is 11.4. The maximum Gasteiger partial charge on any atom is 0.257 e. The van der Waals surface area contributed by atoms with Crippen LogP contribution in [0, 0.1) is 13.8 Å². The van der Waals surface area contributed by atoms with Gasteiger partial charge in [-0.3, -0.25) is 9.48 Å². The number of hydrogen-bond donors (Lipinski definition) is 1. The fraction of sp³-hybridized carbons (Fsp3) is 0.583. The van der Waals surface area contributed by atoms with Crippen LogP contribution in [-0.2, 0) is 7.05 Å². The molecule has 1 aromatic rings. The van der Waals surface area contributed by atoms with Crippen LogP contribution in [0.2, 0.25) is 0 Å². The van der Waals surface area contributed by atoms with Gasteiger partial charge in [0.1, 0.15) is 0 Å². The van der Waals surface area contributed by atoms with Crippen molar-refractivity contribution >= 4 is 23.1 Å². The summed E-state index contributed by atoms with van der Waals surface area (Å²) < 4.78 is 1.73. The topological polar surface area (TPSA) is 64.2 Å². The molecule has 0 bridgehead atoms. The molecular formula is C12H20N4OS. The van der Waals surface area contributed by atoms with E-state index < -0.39 is 0 Å². The summed E-state index contributed by atoms with van der Waals surface area (Å²) in [6.45, 7) is 6.88. The van der Waals surface area contributed by atoms with Crippen molar-refractivity contribution in [2.75, 3.05) is 13.1 Å². The fourth-order valence-corrected chi connectivity index (χ4v) is 1.98. The van der Waals surface area contributed by atoms with Crippen LogP contribution in [0.3, 0.4) is 0 Å². The standard InChI is InChI=1S/C12H20N4OS/c1-5-16(7-6-10(13)18)12(17)11-8(2)14-15(4)9(11)3/h5-7H2,1-4H3,(H2,13,18). The van der Waals surface area contributed by atoms with Crippen molar-refractivity contribution in [3.8, 4) is 0 Å². The van der Waals surface area contributed by atoms with E-state index in [1.165, 1.54) is 0 Å². The summed E-state index contributed by atoms with van der Waals surface area (Å²) in [5.74, 6) is -0.00292. The van der Waals surface area contributed by atoms with Crippen molar-refractivity contribution in [3.63, 3.8) is 0 Å². The highest BCUT2D eigenvalue weighted by atomic mass is 32.1. The predicted molar refractivity (Wildman–Crippen MR) is 75.7 cm³/mol. The molecule has 1 heterocycles. The second-order valence-corrected chi connectivity index (χ2v) is 4.79. The van der Waals surface area contributed by atoms with Gasteiger partial charge in [0, 0.05) is 32.3 Å². The normalized spacial score (nSPS) is 10.4. The molecular weight excluding hydrogens is 248 g/mol. The lowest BCUT2D eigenvalue weighted by atomic mass is 10.1. The lowest BCUT2D eigenvalue weighted by Gasteiger charge is -2.20. The first kappa shape index (κ1) is 14.6. The van der Waals surface area contributed by atoms with Gasteiger partial charge in [-0.1, -0.05) is 12.2 Å². The highest BCUT2D eigenvalue weighted by molar-refractivity contribution is 7.80. The van der Waals surface area contributed by atoms with E-state index in [4.69, 9.17) is 18.0 Å². The lowest BCUT2D eigenvalue weighted by Crippen LogP contribution is -2.34. The van der Waals surface area contributed by atoms with Gasteiger partial charge in [-0.05, 0) is 20.8 Å². The second-order valence-electron chi connectivity index (χ2n) is 4.27. The van der Waals surface area contributed by atoms with Crippen LogP contribution in [0.4, 0.5) is 0 Å². The number of carbonyl (C=O) groups excluding carboxylic acids is 1. The number of nitrogens with two attached hydrogens (primary N) is 1. The molecule has 0 radical (unpaired) electrons.